The van der Waals surface area contributed by atoms with Crippen LogP contribution in [0.1, 0.15) is 49.9 Å². The molecule has 0 spiro atoms. The van der Waals surface area contributed by atoms with Crippen molar-refractivity contribution >= 4 is 143 Å². The van der Waals surface area contributed by atoms with Crippen molar-refractivity contribution in [2.24, 2.45) is 0 Å². The smallest absolute Gasteiger partial charge is 0.221 e. The molecule has 2 aliphatic rings. The highest BCUT2D eigenvalue weighted by atomic mass is 79.9. The van der Waals surface area contributed by atoms with Gasteiger partial charge in [-0.05, 0) is 212 Å². The molecular weight excluding hydrogens is 1490 g/mol. The number of hydrogen-bond acceptors (Lipinski definition) is 6. The van der Waals surface area contributed by atoms with Crippen molar-refractivity contribution in [1.29, 1.82) is 0 Å². The van der Waals surface area contributed by atoms with E-state index in [1.807, 2.05) is 30.3 Å². The molecule has 24 rings (SSSR count). The number of halogens is 1. The first-order chi connectivity index (χ1) is 57.4. The highest BCUT2D eigenvalue weighted by molar-refractivity contribution is 9.10. The van der Waals surface area contributed by atoms with Crippen molar-refractivity contribution in [3.8, 4) is 56.4 Å². The van der Waals surface area contributed by atoms with Crippen LogP contribution < -0.4 is 10.2 Å². The van der Waals surface area contributed by atoms with E-state index in [0.717, 1.165) is 133 Å². The van der Waals surface area contributed by atoms with Gasteiger partial charge in [0.2, 0.25) is 11.9 Å². The van der Waals surface area contributed by atoms with Gasteiger partial charge in [0.15, 0.2) is 0 Å². The number of imidazole rings is 2. The molecule has 0 amide bonds. The predicted octanol–water partition coefficient (Wildman–Crippen LogP) is 27.9. The van der Waals surface area contributed by atoms with Crippen LogP contribution in [0.2, 0.25) is 0 Å². The van der Waals surface area contributed by atoms with Crippen molar-refractivity contribution < 1.29 is 0 Å². The minimum absolute atomic E-state index is 0.0286. The van der Waals surface area contributed by atoms with Gasteiger partial charge in [-0.3, -0.25) is 17.9 Å². The summed E-state index contributed by atoms with van der Waals surface area (Å²) in [5.74, 6) is 1.66. The third-order valence-corrected chi connectivity index (χ3v) is 24.6. The second-order valence-corrected chi connectivity index (χ2v) is 32.5. The van der Waals surface area contributed by atoms with E-state index < -0.39 is 0 Å². The molecule has 0 radical (unpaired) electrons. The second kappa shape index (κ2) is 27.4. The lowest BCUT2D eigenvalue weighted by atomic mass is 9.82. The van der Waals surface area contributed by atoms with Gasteiger partial charge in [0, 0.05) is 76.1 Å². The van der Waals surface area contributed by atoms with Crippen LogP contribution in [-0.2, 0) is 10.8 Å². The molecule has 556 valence electrons. The summed E-state index contributed by atoms with van der Waals surface area (Å²) in [5, 5.41) is 10.4. The summed E-state index contributed by atoms with van der Waals surface area (Å²) >= 11 is 3.64. The van der Waals surface area contributed by atoms with E-state index in [2.05, 4.69) is 418 Å². The van der Waals surface area contributed by atoms with Crippen LogP contribution in [0.4, 0.5) is 28.4 Å². The molecule has 2 aliphatic carbocycles. The standard InChI is InChI=1S/C53H37N5.C27H23N.C26H15BrN4/c1-53(2)44-19-9-6-16-39(44)40-30-28-38(33-45(40)53)56(36-26-24-35(25-27-36)34-14-4-3-5-15-34)37-29-31-49-43(32-37)41-17-8-12-22-48(41)57(49)52-55-46-20-10-7-18-42(46)51-54-47-21-11-13-23-50(47)58(51)52;1-27(2)25-11-7-6-10-23(25)24-17-16-22(18-26(24)27)28-21-14-12-20(13-15-21)19-8-4-3-5-9-19;27-16-13-14-23-19(15-16)17-7-2-5-11-22(17)30(23)26-29-20-9-3-1-8-18(20)25-28-21-10-4-6-12-24(21)31(25)26/h3-33H,1-2H3;3-18,28H,1-2H3;1-15H. The molecule has 10 nitrogen and oxygen atoms in total. The van der Waals surface area contributed by atoms with Crippen LogP contribution >= 0.6 is 15.9 Å². The zero-order chi connectivity index (χ0) is 78.2. The molecule has 0 unspecified atom stereocenters. The highest BCUT2D eigenvalue weighted by Crippen LogP contribution is 2.53. The highest BCUT2D eigenvalue weighted by Gasteiger charge is 2.37. The number of rotatable bonds is 9. The topological polar surface area (TPSA) is 85.5 Å². The Morgan fingerprint density at radius 2 is 0.632 bits per heavy atom. The third-order valence-electron chi connectivity index (χ3n) is 24.1. The Morgan fingerprint density at radius 1 is 0.265 bits per heavy atom. The molecule has 0 saturated heterocycles. The Morgan fingerprint density at radius 3 is 1.17 bits per heavy atom. The van der Waals surface area contributed by atoms with E-state index in [1.54, 1.807) is 0 Å². The summed E-state index contributed by atoms with van der Waals surface area (Å²) in [7, 11) is 0. The number of nitrogens with zero attached hydrogens (tertiary/aromatic N) is 9. The van der Waals surface area contributed by atoms with Gasteiger partial charge in [0.05, 0.1) is 55.2 Å². The molecule has 0 saturated carbocycles. The molecule has 11 heteroatoms. The molecule has 0 aliphatic heterocycles. The van der Waals surface area contributed by atoms with Gasteiger partial charge in [0.25, 0.3) is 0 Å². The molecule has 1 N–H and O–H groups in total. The number of hydrogen-bond donors (Lipinski definition) is 1. The van der Waals surface area contributed by atoms with E-state index in [4.69, 9.17) is 19.9 Å². The lowest BCUT2D eigenvalue weighted by Gasteiger charge is -2.28. The van der Waals surface area contributed by atoms with Crippen molar-refractivity contribution in [3.05, 3.63) is 403 Å². The van der Waals surface area contributed by atoms with E-state index in [1.165, 1.54) is 77.5 Å². The largest absolute Gasteiger partial charge is 0.356 e. The quantitative estimate of drug-likeness (QED) is 0.155. The van der Waals surface area contributed by atoms with Crippen molar-refractivity contribution in [1.82, 2.24) is 37.9 Å². The fraction of sp³-hybridized carbons (Fsp3) is 0.0566. The van der Waals surface area contributed by atoms with Crippen molar-refractivity contribution in [2.75, 3.05) is 10.2 Å². The van der Waals surface area contributed by atoms with E-state index in [0.29, 0.717) is 0 Å². The number of benzene rings is 16. The molecule has 0 atom stereocenters. The van der Waals surface area contributed by atoms with E-state index in [9.17, 15) is 0 Å². The Hall–Kier alpha value is -14.5. The minimum atomic E-state index is -0.127. The van der Waals surface area contributed by atoms with Crippen LogP contribution in [0.5, 0.6) is 0 Å². The normalized spacial score (nSPS) is 13.0. The first-order valence-electron chi connectivity index (χ1n) is 39.9. The molecule has 6 heterocycles. The Kier molecular flexibility index (Phi) is 16.2. The lowest BCUT2D eigenvalue weighted by Crippen LogP contribution is -2.16. The molecular formula is C106H75BrN10. The molecule has 16 aromatic carbocycles. The number of nitrogens with one attached hydrogen (secondary N) is 1. The third kappa shape index (κ3) is 11.3. The summed E-state index contributed by atoms with van der Waals surface area (Å²) in [6.07, 6.45) is 0. The van der Waals surface area contributed by atoms with E-state index >= 15 is 0 Å². The summed E-state index contributed by atoms with van der Waals surface area (Å²) in [4.78, 5) is 23.1. The average Bonchev–Trinajstić information content (AvgIpc) is 1.57. The number of aromatic nitrogens is 8. The maximum atomic E-state index is 5.39. The maximum Gasteiger partial charge on any atom is 0.221 e. The van der Waals surface area contributed by atoms with Gasteiger partial charge in [-0.2, -0.15) is 0 Å². The number of para-hydroxylation sites is 8. The molecule has 22 aromatic rings. The van der Waals surface area contributed by atoms with Gasteiger partial charge in [-0.15, -0.1) is 0 Å². The summed E-state index contributed by atoms with van der Waals surface area (Å²) in [6, 6.07) is 134. The minimum Gasteiger partial charge on any atom is -0.356 e. The molecule has 0 fully saturated rings. The fourth-order valence-corrected chi connectivity index (χ4v) is 18.8. The van der Waals surface area contributed by atoms with Crippen LogP contribution in [0.3, 0.4) is 0 Å². The first-order valence-corrected chi connectivity index (χ1v) is 40.7. The van der Waals surface area contributed by atoms with Crippen molar-refractivity contribution in [2.45, 2.75) is 38.5 Å². The van der Waals surface area contributed by atoms with Gasteiger partial charge in [-0.1, -0.05) is 274 Å². The predicted molar refractivity (Wildman–Crippen MR) is 489 cm³/mol. The van der Waals surface area contributed by atoms with Crippen molar-refractivity contribution in [3.63, 3.8) is 0 Å². The zero-order valence-corrected chi connectivity index (χ0v) is 66.3. The Bertz CT molecular complexity index is 7740. The van der Waals surface area contributed by atoms with Gasteiger partial charge >= 0.3 is 0 Å². The number of anilines is 5. The Balaban J connectivity index is 0.000000118. The average molecular weight is 1570 g/mol. The molecule has 0 bridgehead atoms. The van der Waals surface area contributed by atoms with Gasteiger partial charge in [-0.25, -0.2) is 19.9 Å². The van der Waals surface area contributed by atoms with E-state index in [-0.39, 0.29) is 10.8 Å². The zero-order valence-electron chi connectivity index (χ0n) is 64.7. The summed E-state index contributed by atoms with van der Waals surface area (Å²) < 4.78 is 10.0. The lowest BCUT2D eigenvalue weighted by molar-refractivity contribution is 0.660. The van der Waals surface area contributed by atoms with Crippen LogP contribution in [0.15, 0.2) is 381 Å². The first kappa shape index (κ1) is 69.2. The summed E-state index contributed by atoms with van der Waals surface area (Å²) in [6.45, 7) is 9.33. The van der Waals surface area contributed by atoms with Crippen LogP contribution in [0, 0.1) is 0 Å². The van der Waals surface area contributed by atoms with Crippen LogP contribution in [0.25, 0.3) is 155 Å². The SMILES string of the molecule is Brc1ccc2c(c1)c1ccccc1n2-c1nc2ccccc2c2nc3ccccc3n12.CC1(C)c2ccccc2-c2ccc(N(c3ccc(-c4ccccc4)cc3)c3ccc4c(c3)c3ccccc3n4-c3nc4ccccc4c4nc5ccccc5n34)cc21.CC1(C)c2ccccc2-c2ccc(Nc3ccc(-c4ccccc4)cc3)cc21. The van der Waals surface area contributed by atoms with Gasteiger partial charge < -0.3 is 10.2 Å². The monoisotopic (exact) mass is 1570 g/mol. The van der Waals surface area contributed by atoms with Crippen LogP contribution in [-0.4, -0.2) is 37.9 Å². The molecule has 117 heavy (non-hydrogen) atoms. The summed E-state index contributed by atoms with van der Waals surface area (Å²) in [5.41, 5.74) is 33.2. The molecule has 6 aromatic heterocycles. The maximum absolute atomic E-state index is 5.39. The van der Waals surface area contributed by atoms with Gasteiger partial charge in [0.1, 0.15) is 11.3 Å². The second-order valence-electron chi connectivity index (χ2n) is 31.6. The Labute approximate surface area is 684 Å². The number of fused-ring (bicyclic) bond motifs is 22. The fourth-order valence-electron chi connectivity index (χ4n) is 18.5.